The molecule has 4 rings (SSSR count). The van der Waals surface area contributed by atoms with Crippen LogP contribution in [0.25, 0.3) is 0 Å². The van der Waals surface area contributed by atoms with E-state index in [2.05, 4.69) is 94.1 Å². The third-order valence-electron chi connectivity index (χ3n) is 5.68. The molecule has 0 spiro atoms. The van der Waals surface area contributed by atoms with Crippen molar-refractivity contribution in [1.82, 2.24) is 0 Å². The average Bonchev–Trinajstić information content (AvgIpc) is 2.81. The van der Waals surface area contributed by atoms with Gasteiger partial charge in [-0.05, 0) is 54.8 Å². The highest BCUT2D eigenvalue weighted by molar-refractivity contribution is 7.99. The van der Waals surface area contributed by atoms with Gasteiger partial charge in [0.15, 0.2) is 0 Å². The highest BCUT2D eigenvalue weighted by Gasteiger charge is 2.36. The van der Waals surface area contributed by atoms with Gasteiger partial charge in [0, 0.05) is 21.9 Å². The molecule has 1 aliphatic rings. The standard InChI is InChI=1S/C28H33NO3SSi/c1-27(2,3)34-32-28(4,5)25-23(31-7)16-15-22-26(25)33-24-17-20(30-6)13-14-21(24)29(22)18-19-11-9-8-10-12-19/h8-17H,18H2,1-7H3. The van der Waals surface area contributed by atoms with E-state index in [4.69, 9.17) is 13.9 Å². The first-order chi connectivity index (χ1) is 16.1. The Labute approximate surface area is 210 Å². The predicted octanol–water partition coefficient (Wildman–Crippen LogP) is 7.60. The van der Waals surface area contributed by atoms with Gasteiger partial charge in [0.05, 0.1) is 31.2 Å². The number of anilines is 2. The first kappa shape index (κ1) is 24.7. The van der Waals surface area contributed by atoms with E-state index in [0.29, 0.717) is 9.76 Å². The fourth-order valence-electron chi connectivity index (χ4n) is 4.04. The van der Waals surface area contributed by atoms with Gasteiger partial charge in [-0.2, -0.15) is 0 Å². The van der Waals surface area contributed by atoms with Gasteiger partial charge in [0.25, 0.3) is 0 Å². The van der Waals surface area contributed by atoms with Crippen LogP contribution in [0.4, 0.5) is 11.4 Å². The minimum absolute atomic E-state index is 0.0891. The Bertz CT molecular complexity index is 1160. The van der Waals surface area contributed by atoms with Crippen LogP contribution in [0.5, 0.6) is 11.5 Å². The summed E-state index contributed by atoms with van der Waals surface area (Å²) >= 11 is 1.76. The highest BCUT2D eigenvalue weighted by atomic mass is 32.2. The Morgan fingerprint density at radius 2 is 1.56 bits per heavy atom. The van der Waals surface area contributed by atoms with Gasteiger partial charge in [-0.25, -0.2) is 0 Å². The Morgan fingerprint density at radius 3 is 2.21 bits per heavy atom. The van der Waals surface area contributed by atoms with Gasteiger partial charge < -0.3 is 18.8 Å². The van der Waals surface area contributed by atoms with Gasteiger partial charge in [-0.1, -0.05) is 62.9 Å². The van der Waals surface area contributed by atoms with Gasteiger partial charge >= 0.3 is 0 Å². The lowest BCUT2D eigenvalue weighted by Gasteiger charge is -2.38. The number of hydrogen-bond donors (Lipinski definition) is 0. The van der Waals surface area contributed by atoms with Crippen molar-refractivity contribution in [2.24, 2.45) is 0 Å². The minimum Gasteiger partial charge on any atom is -0.497 e. The van der Waals surface area contributed by atoms with Crippen molar-refractivity contribution in [2.75, 3.05) is 19.1 Å². The molecule has 6 heteroatoms. The number of methoxy groups -OCH3 is 2. The van der Waals surface area contributed by atoms with Gasteiger partial charge in [-0.3, -0.25) is 0 Å². The third kappa shape index (κ3) is 5.14. The van der Waals surface area contributed by atoms with E-state index < -0.39 is 5.60 Å². The summed E-state index contributed by atoms with van der Waals surface area (Å²) in [6.07, 6.45) is 0. The van der Waals surface area contributed by atoms with E-state index >= 15 is 0 Å². The second-order valence-corrected chi connectivity index (χ2v) is 12.9. The molecule has 0 amide bonds. The fourth-order valence-corrected chi connectivity index (χ4v) is 6.12. The van der Waals surface area contributed by atoms with Crippen LogP contribution in [-0.4, -0.2) is 24.0 Å². The zero-order valence-corrected chi connectivity index (χ0v) is 22.9. The summed E-state index contributed by atoms with van der Waals surface area (Å²) in [6.45, 7) is 11.7. The molecule has 4 nitrogen and oxygen atoms in total. The smallest absolute Gasteiger partial charge is 0.236 e. The molecule has 3 aromatic carbocycles. The summed E-state index contributed by atoms with van der Waals surface area (Å²) < 4.78 is 18.0. The SMILES string of the molecule is COc1ccc2c(c1)Sc1c(ccc(OC)c1C(C)(C)O[Si]C(C)(C)C)N2Cc1ccccc1. The normalized spacial score (nSPS) is 13.3. The van der Waals surface area contributed by atoms with E-state index in [9.17, 15) is 0 Å². The van der Waals surface area contributed by atoms with Crippen molar-refractivity contribution >= 4 is 32.9 Å². The van der Waals surface area contributed by atoms with E-state index in [1.54, 1.807) is 26.0 Å². The van der Waals surface area contributed by atoms with E-state index in [1.165, 1.54) is 16.1 Å². The molecule has 0 N–H and O–H groups in total. The largest absolute Gasteiger partial charge is 0.497 e. The van der Waals surface area contributed by atoms with Crippen molar-refractivity contribution in [3.05, 3.63) is 71.8 Å². The number of hydrogen-bond acceptors (Lipinski definition) is 5. The van der Waals surface area contributed by atoms with Crippen LogP contribution in [0.2, 0.25) is 5.04 Å². The molecule has 178 valence electrons. The predicted molar refractivity (Wildman–Crippen MR) is 142 cm³/mol. The molecule has 3 aromatic rings. The zero-order chi connectivity index (χ0) is 24.5. The fraction of sp³-hybridized carbons (Fsp3) is 0.357. The molecule has 1 heterocycles. The minimum atomic E-state index is -0.524. The molecule has 0 aromatic heterocycles. The van der Waals surface area contributed by atoms with Crippen molar-refractivity contribution < 1.29 is 13.9 Å². The van der Waals surface area contributed by atoms with Crippen molar-refractivity contribution in [3.8, 4) is 11.5 Å². The molecule has 0 saturated carbocycles. The van der Waals surface area contributed by atoms with E-state index in [-0.39, 0.29) is 5.04 Å². The Morgan fingerprint density at radius 1 is 0.853 bits per heavy atom. The lowest BCUT2D eigenvalue weighted by molar-refractivity contribution is 0.103. The van der Waals surface area contributed by atoms with E-state index in [1.807, 2.05) is 6.07 Å². The second kappa shape index (κ2) is 9.68. The van der Waals surface area contributed by atoms with Crippen LogP contribution in [-0.2, 0) is 16.6 Å². The molecule has 0 saturated heterocycles. The van der Waals surface area contributed by atoms with Crippen LogP contribution in [0.1, 0.15) is 45.7 Å². The summed E-state index contributed by atoms with van der Waals surface area (Å²) in [4.78, 5) is 4.71. The molecular formula is C28H33NO3SSi. The van der Waals surface area contributed by atoms with Crippen LogP contribution >= 0.6 is 11.8 Å². The number of ether oxygens (including phenoxy) is 2. The lowest BCUT2D eigenvalue weighted by atomic mass is 9.95. The van der Waals surface area contributed by atoms with Gasteiger partial charge in [0.2, 0.25) is 9.76 Å². The summed E-state index contributed by atoms with van der Waals surface area (Å²) in [5.74, 6) is 1.70. The second-order valence-electron chi connectivity index (χ2n) is 9.96. The number of fused-ring (bicyclic) bond motifs is 2. The van der Waals surface area contributed by atoms with Crippen LogP contribution in [0, 0.1) is 0 Å². The number of nitrogens with zero attached hydrogens (tertiary/aromatic N) is 1. The average molecular weight is 492 g/mol. The maximum Gasteiger partial charge on any atom is 0.236 e. The molecule has 0 fully saturated rings. The van der Waals surface area contributed by atoms with Crippen molar-refractivity contribution in [3.63, 3.8) is 0 Å². The Balaban J connectivity index is 1.87. The van der Waals surface area contributed by atoms with Crippen LogP contribution in [0.3, 0.4) is 0 Å². The third-order valence-corrected chi connectivity index (χ3v) is 8.07. The Kier molecular flexibility index (Phi) is 7.03. The van der Waals surface area contributed by atoms with Crippen LogP contribution < -0.4 is 14.4 Å². The Hall–Kier alpha value is -2.41. The monoisotopic (exact) mass is 491 g/mol. The number of benzene rings is 3. The zero-order valence-electron chi connectivity index (χ0n) is 21.1. The molecule has 1 aliphatic heterocycles. The highest BCUT2D eigenvalue weighted by Crippen LogP contribution is 2.55. The topological polar surface area (TPSA) is 30.9 Å². The van der Waals surface area contributed by atoms with Crippen molar-refractivity contribution in [2.45, 2.75) is 61.6 Å². The molecule has 2 radical (unpaired) electrons. The van der Waals surface area contributed by atoms with Crippen LogP contribution in [0.15, 0.2) is 70.5 Å². The van der Waals surface area contributed by atoms with Gasteiger partial charge in [0.1, 0.15) is 11.5 Å². The molecule has 0 unspecified atom stereocenters. The molecule has 0 bridgehead atoms. The van der Waals surface area contributed by atoms with Gasteiger partial charge in [-0.15, -0.1) is 0 Å². The lowest BCUT2D eigenvalue weighted by Crippen LogP contribution is -2.30. The quantitative estimate of drug-likeness (QED) is 0.318. The summed E-state index contributed by atoms with van der Waals surface area (Å²) in [6, 6.07) is 21.1. The first-order valence-electron chi connectivity index (χ1n) is 11.5. The molecule has 0 aliphatic carbocycles. The summed E-state index contributed by atoms with van der Waals surface area (Å²) in [5, 5.41) is 0.0891. The molecular weight excluding hydrogens is 458 g/mol. The maximum atomic E-state index is 6.57. The number of rotatable bonds is 7. The summed E-state index contributed by atoms with van der Waals surface area (Å²) in [7, 11) is 3.81. The van der Waals surface area contributed by atoms with E-state index in [0.717, 1.165) is 34.2 Å². The molecule has 34 heavy (non-hydrogen) atoms. The maximum absolute atomic E-state index is 6.57. The van der Waals surface area contributed by atoms with Crippen molar-refractivity contribution in [1.29, 1.82) is 0 Å². The molecule has 0 atom stereocenters. The summed E-state index contributed by atoms with van der Waals surface area (Å²) in [5.41, 5.74) is 4.15. The first-order valence-corrected chi connectivity index (χ1v) is 13.2.